The first-order valence-electron chi connectivity index (χ1n) is 6.09. The van der Waals surface area contributed by atoms with Crippen LogP contribution in [-0.4, -0.2) is 9.55 Å². The van der Waals surface area contributed by atoms with Crippen LogP contribution in [0.3, 0.4) is 0 Å². The molecule has 3 nitrogen and oxygen atoms in total. The second-order valence-corrected chi connectivity index (χ2v) is 6.06. The normalized spacial score (nSPS) is 11.6. The highest BCUT2D eigenvalue weighted by atomic mass is 35.5. The van der Waals surface area contributed by atoms with Gasteiger partial charge in [0, 0.05) is 6.04 Å². The minimum atomic E-state index is 0.263. The summed E-state index contributed by atoms with van der Waals surface area (Å²) < 4.78 is 2.15. The van der Waals surface area contributed by atoms with Gasteiger partial charge < -0.3 is 10.3 Å². The van der Waals surface area contributed by atoms with E-state index in [1.165, 1.54) is 11.3 Å². The van der Waals surface area contributed by atoms with Crippen LogP contribution in [0.15, 0.2) is 29.6 Å². The minimum absolute atomic E-state index is 0.263. The van der Waals surface area contributed by atoms with Crippen LogP contribution in [-0.2, 0) is 0 Å². The fourth-order valence-electron chi connectivity index (χ4n) is 2.30. The van der Waals surface area contributed by atoms with Crippen LogP contribution >= 0.6 is 22.9 Å². The number of imidazole rings is 1. The number of hydrogen-bond donors (Lipinski definition) is 1. The molecule has 2 heterocycles. The molecule has 0 atom stereocenters. The summed E-state index contributed by atoms with van der Waals surface area (Å²) in [6.45, 7) is 4.24. The van der Waals surface area contributed by atoms with Crippen molar-refractivity contribution in [3.05, 3.63) is 34.7 Å². The predicted molar refractivity (Wildman–Crippen MR) is 82.9 cm³/mol. The molecule has 0 saturated carbocycles. The summed E-state index contributed by atoms with van der Waals surface area (Å²) in [6, 6.07) is 8.06. The number of anilines is 1. The second-order valence-electron chi connectivity index (χ2n) is 4.71. The van der Waals surface area contributed by atoms with Crippen molar-refractivity contribution in [1.82, 2.24) is 9.55 Å². The molecule has 3 rings (SSSR count). The number of para-hydroxylation sites is 1. The van der Waals surface area contributed by atoms with Crippen molar-refractivity contribution in [1.29, 1.82) is 0 Å². The van der Waals surface area contributed by atoms with Gasteiger partial charge in [0.1, 0.15) is 5.82 Å². The van der Waals surface area contributed by atoms with Gasteiger partial charge in [0.2, 0.25) is 0 Å². The van der Waals surface area contributed by atoms with Gasteiger partial charge >= 0.3 is 0 Å². The van der Waals surface area contributed by atoms with Crippen LogP contribution in [0.2, 0.25) is 5.02 Å². The van der Waals surface area contributed by atoms with E-state index >= 15 is 0 Å². The van der Waals surface area contributed by atoms with E-state index in [0.717, 1.165) is 32.4 Å². The van der Waals surface area contributed by atoms with Crippen molar-refractivity contribution in [2.45, 2.75) is 19.9 Å². The monoisotopic (exact) mass is 291 g/mol. The average molecular weight is 292 g/mol. The number of hydrogen-bond acceptors (Lipinski definition) is 3. The van der Waals surface area contributed by atoms with E-state index in [-0.39, 0.29) is 6.04 Å². The zero-order valence-corrected chi connectivity index (χ0v) is 12.3. The summed E-state index contributed by atoms with van der Waals surface area (Å²) in [6.07, 6.45) is 0. The maximum absolute atomic E-state index is 6.33. The van der Waals surface area contributed by atoms with E-state index in [0.29, 0.717) is 0 Å². The van der Waals surface area contributed by atoms with Gasteiger partial charge in [0.25, 0.3) is 0 Å². The van der Waals surface area contributed by atoms with Gasteiger partial charge in [0.05, 0.1) is 26.6 Å². The lowest BCUT2D eigenvalue weighted by Gasteiger charge is -2.13. The number of fused-ring (bicyclic) bond motifs is 1. The van der Waals surface area contributed by atoms with E-state index in [1.807, 2.05) is 29.6 Å². The Labute approximate surface area is 120 Å². The van der Waals surface area contributed by atoms with Gasteiger partial charge in [-0.05, 0) is 37.4 Å². The Balaban J connectivity index is 2.40. The molecule has 98 valence electrons. The fourth-order valence-corrected chi connectivity index (χ4v) is 3.20. The molecule has 0 bridgehead atoms. The summed E-state index contributed by atoms with van der Waals surface area (Å²) in [5, 5.41) is 3.49. The summed E-state index contributed by atoms with van der Waals surface area (Å²) in [7, 11) is 0. The highest BCUT2D eigenvalue weighted by Gasteiger charge is 2.18. The van der Waals surface area contributed by atoms with Crippen molar-refractivity contribution in [2.24, 2.45) is 0 Å². The minimum Gasteiger partial charge on any atom is -0.390 e. The van der Waals surface area contributed by atoms with E-state index < -0.39 is 0 Å². The Morgan fingerprint density at radius 2 is 2.11 bits per heavy atom. The predicted octanol–water partition coefficient (Wildman–Crippen LogP) is 4.58. The lowest BCUT2D eigenvalue weighted by Crippen LogP contribution is -2.03. The molecule has 0 aliphatic rings. The molecule has 0 amide bonds. The van der Waals surface area contributed by atoms with E-state index in [1.54, 1.807) is 0 Å². The SMILES string of the molecule is CC(C)n1c(-c2ccsc2N)nc2cccc(Cl)c21. The molecule has 0 saturated heterocycles. The van der Waals surface area contributed by atoms with Crippen LogP contribution in [0, 0.1) is 0 Å². The molecule has 0 spiro atoms. The van der Waals surface area contributed by atoms with E-state index in [9.17, 15) is 0 Å². The van der Waals surface area contributed by atoms with Crippen LogP contribution in [0.1, 0.15) is 19.9 Å². The fraction of sp³-hybridized carbons (Fsp3) is 0.214. The molecular weight excluding hydrogens is 278 g/mol. The number of aromatic nitrogens is 2. The lowest BCUT2D eigenvalue weighted by molar-refractivity contribution is 0.624. The molecule has 3 aromatic rings. The average Bonchev–Trinajstić information content (AvgIpc) is 2.92. The highest BCUT2D eigenvalue weighted by molar-refractivity contribution is 7.14. The van der Waals surface area contributed by atoms with Crippen LogP contribution < -0.4 is 5.73 Å². The number of nitrogens with zero attached hydrogens (tertiary/aromatic N) is 2. The molecule has 0 aliphatic carbocycles. The number of halogens is 1. The molecule has 2 aromatic heterocycles. The third kappa shape index (κ3) is 1.91. The van der Waals surface area contributed by atoms with Gasteiger partial charge in [-0.3, -0.25) is 0 Å². The Kier molecular flexibility index (Phi) is 2.99. The topological polar surface area (TPSA) is 43.8 Å². The molecule has 5 heteroatoms. The summed E-state index contributed by atoms with van der Waals surface area (Å²) in [4.78, 5) is 4.70. The highest BCUT2D eigenvalue weighted by Crippen LogP contribution is 2.36. The number of nitrogen functional groups attached to an aromatic ring is 1. The largest absolute Gasteiger partial charge is 0.390 e. The van der Waals surface area contributed by atoms with Crippen LogP contribution in [0.4, 0.5) is 5.00 Å². The molecule has 19 heavy (non-hydrogen) atoms. The first-order chi connectivity index (χ1) is 9.09. The molecule has 0 radical (unpaired) electrons. The number of benzene rings is 1. The van der Waals surface area contributed by atoms with Gasteiger partial charge in [-0.1, -0.05) is 17.7 Å². The summed E-state index contributed by atoms with van der Waals surface area (Å²) in [5.41, 5.74) is 8.89. The third-order valence-electron chi connectivity index (χ3n) is 3.11. The molecular formula is C14H14ClN3S. The number of nitrogens with two attached hydrogens (primary N) is 1. The quantitative estimate of drug-likeness (QED) is 0.751. The first-order valence-corrected chi connectivity index (χ1v) is 7.35. The van der Waals surface area contributed by atoms with E-state index in [2.05, 4.69) is 18.4 Å². The van der Waals surface area contributed by atoms with Crippen molar-refractivity contribution in [3.8, 4) is 11.4 Å². The summed E-state index contributed by atoms with van der Waals surface area (Å²) in [5.74, 6) is 0.886. The zero-order valence-electron chi connectivity index (χ0n) is 10.7. The molecule has 0 unspecified atom stereocenters. The summed E-state index contributed by atoms with van der Waals surface area (Å²) >= 11 is 7.86. The molecule has 2 N–H and O–H groups in total. The van der Waals surface area contributed by atoms with Crippen molar-refractivity contribution in [3.63, 3.8) is 0 Å². The first kappa shape index (κ1) is 12.5. The van der Waals surface area contributed by atoms with Crippen molar-refractivity contribution >= 4 is 39.0 Å². The zero-order chi connectivity index (χ0) is 13.6. The maximum atomic E-state index is 6.33. The third-order valence-corrected chi connectivity index (χ3v) is 4.16. The Morgan fingerprint density at radius 1 is 1.32 bits per heavy atom. The van der Waals surface area contributed by atoms with Gasteiger partial charge in [-0.15, -0.1) is 11.3 Å². The maximum Gasteiger partial charge on any atom is 0.144 e. The van der Waals surface area contributed by atoms with Gasteiger partial charge in [-0.2, -0.15) is 0 Å². The number of rotatable bonds is 2. The standard InChI is InChI=1S/C14H14ClN3S/c1-8(2)18-12-10(15)4-3-5-11(12)17-14(18)9-6-7-19-13(9)16/h3-8H,16H2,1-2H3. The van der Waals surface area contributed by atoms with E-state index in [4.69, 9.17) is 22.3 Å². The molecule has 0 fully saturated rings. The van der Waals surface area contributed by atoms with Crippen molar-refractivity contribution in [2.75, 3.05) is 5.73 Å². The smallest absolute Gasteiger partial charge is 0.144 e. The Bertz CT molecular complexity index is 742. The van der Waals surface area contributed by atoms with Crippen LogP contribution in [0.5, 0.6) is 0 Å². The Hall–Kier alpha value is -1.52. The van der Waals surface area contributed by atoms with Crippen LogP contribution in [0.25, 0.3) is 22.4 Å². The number of thiophene rings is 1. The molecule has 1 aromatic carbocycles. The van der Waals surface area contributed by atoms with Crippen molar-refractivity contribution < 1.29 is 0 Å². The molecule has 0 aliphatic heterocycles. The Morgan fingerprint density at radius 3 is 2.74 bits per heavy atom. The second kappa shape index (κ2) is 4.54. The lowest BCUT2D eigenvalue weighted by atomic mass is 10.2. The van der Waals surface area contributed by atoms with Gasteiger partial charge in [0.15, 0.2) is 0 Å². The van der Waals surface area contributed by atoms with Gasteiger partial charge in [-0.25, -0.2) is 4.98 Å².